The lowest BCUT2D eigenvalue weighted by molar-refractivity contribution is 0.197. The van der Waals surface area contributed by atoms with Crippen molar-refractivity contribution >= 4 is 45.2 Å². The molecule has 0 bridgehead atoms. The predicted molar refractivity (Wildman–Crippen MR) is 70.7 cm³/mol. The Morgan fingerprint density at radius 3 is 2.43 bits per heavy atom. The molecule has 1 rings (SSSR count). The van der Waals surface area contributed by atoms with E-state index >= 15 is 0 Å². The van der Waals surface area contributed by atoms with Crippen LogP contribution in [-0.2, 0) is 0 Å². The summed E-state index contributed by atoms with van der Waals surface area (Å²) in [5.41, 5.74) is 0.768. The smallest absolute Gasteiger partial charge is 0.175 e. The van der Waals surface area contributed by atoms with Crippen LogP contribution >= 0.6 is 45.2 Å². The molecule has 0 fully saturated rings. The van der Waals surface area contributed by atoms with Gasteiger partial charge in [-0.3, -0.25) is 0 Å². The molecule has 0 aliphatic carbocycles. The van der Waals surface area contributed by atoms with Crippen molar-refractivity contribution in [3.63, 3.8) is 0 Å². The third-order valence-electron chi connectivity index (χ3n) is 1.83. The van der Waals surface area contributed by atoms with Crippen molar-refractivity contribution in [2.75, 3.05) is 7.11 Å². The van der Waals surface area contributed by atoms with Crippen molar-refractivity contribution in [2.45, 2.75) is 13.0 Å². The van der Waals surface area contributed by atoms with Crippen LogP contribution in [0.1, 0.15) is 18.6 Å². The highest BCUT2D eigenvalue weighted by Gasteiger charge is 2.17. The first-order chi connectivity index (χ1) is 6.49. The zero-order valence-electron chi connectivity index (χ0n) is 7.71. The first kappa shape index (κ1) is 12.3. The van der Waals surface area contributed by atoms with Crippen LogP contribution in [0.5, 0.6) is 11.5 Å². The van der Waals surface area contributed by atoms with Crippen molar-refractivity contribution in [2.24, 2.45) is 0 Å². The lowest BCUT2D eigenvalue weighted by atomic mass is 10.1. The van der Waals surface area contributed by atoms with Crippen LogP contribution in [0, 0.1) is 7.14 Å². The highest BCUT2D eigenvalue weighted by Crippen LogP contribution is 2.39. The van der Waals surface area contributed by atoms with Gasteiger partial charge in [0.1, 0.15) is 0 Å². The summed E-state index contributed by atoms with van der Waals surface area (Å²) in [5.74, 6) is 0.551. The Kier molecular flexibility index (Phi) is 4.26. The monoisotopic (exact) mass is 420 g/mol. The van der Waals surface area contributed by atoms with Crippen LogP contribution in [0.2, 0.25) is 0 Å². The molecule has 0 radical (unpaired) electrons. The molecule has 5 heteroatoms. The van der Waals surface area contributed by atoms with Crippen LogP contribution in [0.3, 0.4) is 0 Å². The number of aliphatic hydroxyl groups is 1. The highest BCUT2D eigenvalue weighted by molar-refractivity contribution is 14.1. The summed E-state index contributed by atoms with van der Waals surface area (Å²) in [6.45, 7) is 1.68. The number of benzene rings is 1. The fourth-order valence-corrected chi connectivity index (χ4v) is 2.76. The second-order valence-corrected chi connectivity index (χ2v) is 5.06. The van der Waals surface area contributed by atoms with Gasteiger partial charge in [0.15, 0.2) is 11.5 Å². The molecule has 0 saturated carbocycles. The lowest BCUT2D eigenvalue weighted by Gasteiger charge is -2.14. The van der Waals surface area contributed by atoms with Gasteiger partial charge in [-0.05, 0) is 63.7 Å². The van der Waals surface area contributed by atoms with E-state index in [0.717, 1.165) is 9.13 Å². The Labute approximate surface area is 110 Å². The van der Waals surface area contributed by atoms with Gasteiger partial charge in [0.25, 0.3) is 0 Å². The Balaban J connectivity index is 3.42. The van der Waals surface area contributed by atoms with Crippen molar-refractivity contribution in [3.05, 3.63) is 18.8 Å². The third-order valence-corrected chi connectivity index (χ3v) is 3.77. The molecule has 2 N–H and O–H groups in total. The summed E-state index contributed by atoms with van der Waals surface area (Å²) < 4.78 is 6.50. The fourth-order valence-electron chi connectivity index (χ4n) is 1.10. The minimum absolute atomic E-state index is 0.127. The summed E-state index contributed by atoms with van der Waals surface area (Å²) in [4.78, 5) is 0. The zero-order chi connectivity index (χ0) is 10.9. The maximum Gasteiger partial charge on any atom is 0.175 e. The molecule has 14 heavy (non-hydrogen) atoms. The van der Waals surface area contributed by atoms with Gasteiger partial charge in [-0.25, -0.2) is 0 Å². The van der Waals surface area contributed by atoms with E-state index in [1.54, 1.807) is 13.0 Å². The van der Waals surface area contributed by atoms with E-state index in [1.807, 2.05) is 22.6 Å². The normalized spacial score (nSPS) is 12.6. The van der Waals surface area contributed by atoms with Crippen molar-refractivity contribution in [1.29, 1.82) is 0 Å². The molecule has 3 nitrogen and oxygen atoms in total. The quantitative estimate of drug-likeness (QED) is 0.724. The zero-order valence-corrected chi connectivity index (χ0v) is 12.0. The third kappa shape index (κ3) is 2.25. The maximum atomic E-state index is 9.67. The minimum Gasteiger partial charge on any atom is -0.503 e. The summed E-state index contributed by atoms with van der Waals surface area (Å²) in [6.07, 6.45) is -0.565. The van der Waals surface area contributed by atoms with E-state index < -0.39 is 6.10 Å². The Hall–Kier alpha value is 0.240. The molecule has 1 unspecified atom stereocenters. The van der Waals surface area contributed by atoms with Gasteiger partial charge in [-0.1, -0.05) is 0 Å². The van der Waals surface area contributed by atoms with E-state index in [9.17, 15) is 10.2 Å². The molecule has 0 aliphatic rings. The topological polar surface area (TPSA) is 49.7 Å². The van der Waals surface area contributed by atoms with Crippen LogP contribution in [-0.4, -0.2) is 17.3 Å². The molecule has 0 aliphatic heterocycles. The van der Waals surface area contributed by atoms with Gasteiger partial charge < -0.3 is 14.9 Å². The van der Waals surface area contributed by atoms with E-state index in [-0.39, 0.29) is 5.75 Å². The van der Waals surface area contributed by atoms with Crippen molar-refractivity contribution in [1.82, 2.24) is 0 Å². The SMILES string of the molecule is COc1c(O)c(I)cc(C(C)O)c1I. The number of methoxy groups -OCH3 is 1. The Morgan fingerprint density at radius 2 is 2.00 bits per heavy atom. The fraction of sp³-hybridized carbons (Fsp3) is 0.333. The van der Waals surface area contributed by atoms with Crippen molar-refractivity contribution in [3.8, 4) is 11.5 Å². The van der Waals surface area contributed by atoms with Crippen LogP contribution in [0.25, 0.3) is 0 Å². The molecule has 0 heterocycles. The number of phenols is 1. The molecule has 0 spiro atoms. The number of halogens is 2. The number of hydrogen-bond donors (Lipinski definition) is 2. The number of aromatic hydroxyl groups is 1. The molecule has 1 aromatic carbocycles. The van der Waals surface area contributed by atoms with E-state index in [4.69, 9.17) is 4.74 Å². The van der Waals surface area contributed by atoms with Gasteiger partial charge in [-0.15, -0.1) is 0 Å². The molecular weight excluding hydrogens is 410 g/mol. The maximum absolute atomic E-state index is 9.67. The van der Waals surface area contributed by atoms with Gasteiger partial charge in [0.05, 0.1) is 20.4 Å². The Morgan fingerprint density at radius 1 is 1.43 bits per heavy atom. The first-order valence-corrected chi connectivity index (χ1v) is 6.07. The molecule has 1 atom stereocenters. The molecule has 0 aromatic heterocycles. The summed E-state index contributed by atoms with van der Waals surface area (Å²) in [6, 6.07) is 1.75. The average Bonchev–Trinajstić information content (AvgIpc) is 2.12. The number of hydrogen-bond acceptors (Lipinski definition) is 3. The molecule has 0 amide bonds. The summed E-state index contributed by atoms with van der Waals surface area (Å²) in [5, 5.41) is 19.2. The first-order valence-electron chi connectivity index (χ1n) is 3.92. The number of phenolic OH excluding ortho intramolecular Hbond substituents is 1. The standard InChI is InChI=1S/C9H10I2O3/c1-4(12)5-3-6(10)8(13)9(14-2)7(5)11/h3-4,12-13H,1-2H3. The molecule has 1 aromatic rings. The second kappa shape index (κ2) is 4.84. The highest BCUT2D eigenvalue weighted by atomic mass is 127. The van der Waals surface area contributed by atoms with Gasteiger partial charge in [-0.2, -0.15) is 0 Å². The number of rotatable bonds is 2. The van der Waals surface area contributed by atoms with E-state index in [2.05, 4.69) is 22.6 Å². The van der Waals surface area contributed by atoms with Crippen LogP contribution in [0.4, 0.5) is 0 Å². The lowest BCUT2D eigenvalue weighted by Crippen LogP contribution is -1.99. The second-order valence-electron chi connectivity index (χ2n) is 2.82. The molecule has 0 saturated heterocycles. The minimum atomic E-state index is -0.565. The molecular formula is C9H10I2O3. The van der Waals surface area contributed by atoms with Crippen LogP contribution in [0.15, 0.2) is 6.07 Å². The summed E-state index contributed by atoms with van der Waals surface area (Å²) in [7, 11) is 1.50. The van der Waals surface area contributed by atoms with Gasteiger partial charge >= 0.3 is 0 Å². The average molecular weight is 420 g/mol. The van der Waals surface area contributed by atoms with Crippen LogP contribution < -0.4 is 4.74 Å². The number of ether oxygens (including phenoxy) is 1. The summed E-state index contributed by atoms with van der Waals surface area (Å²) >= 11 is 4.05. The van der Waals surface area contributed by atoms with Gasteiger partial charge in [0, 0.05) is 0 Å². The predicted octanol–water partition coefficient (Wildman–Crippen LogP) is 2.66. The Bertz CT molecular complexity index is 350. The van der Waals surface area contributed by atoms with Gasteiger partial charge in [0.2, 0.25) is 0 Å². The van der Waals surface area contributed by atoms with E-state index in [0.29, 0.717) is 9.32 Å². The largest absolute Gasteiger partial charge is 0.503 e. The van der Waals surface area contributed by atoms with E-state index in [1.165, 1.54) is 7.11 Å². The molecule has 78 valence electrons. The number of aliphatic hydroxyl groups excluding tert-OH is 1. The van der Waals surface area contributed by atoms with Crippen molar-refractivity contribution < 1.29 is 14.9 Å².